The van der Waals surface area contributed by atoms with Crippen LogP contribution in [-0.2, 0) is 9.59 Å². The normalized spacial score (nSPS) is 19.2. The Morgan fingerprint density at radius 2 is 1.66 bits per heavy atom. The number of rotatable bonds is 7. The molecule has 13 heteroatoms. The van der Waals surface area contributed by atoms with Crippen LogP contribution in [0.2, 0.25) is 0 Å². The SMILES string of the molecule is Cc1c(-c2ccc3cnc(Nc4ccc(C(=O)N5CCN(C6CCN(c7ccc(C8CCC(=O)NC8=O)cc7)CC6)CC5)cc4)nc3c2)cnc2c1NCCO2. The molecule has 1 atom stereocenters. The van der Waals surface area contributed by atoms with Gasteiger partial charge in [0, 0.05) is 98.6 Å². The predicted octanol–water partition coefficient (Wildman–Crippen LogP) is 5.50. The molecule has 3 saturated heterocycles. The van der Waals surface area contributed by atoms with Crippen molar-refractivity contribution in [2.75, 3.05) is 68.0 Å². The molecule has 4 aliphatic heterocycles. The van der Waals surface area contributed by atoms with Gasteiger partial charge in [-0.25, -0.2) is 15.0 Å². The second-order valence-corrected chi connectivity index (χ2v) is 15.1. The van der Waals surface area contributed by atoms with Gasteiger partial charge in [-0.15, -0.1) is 0 Å². The molecule has 1 unspecified atom stereocenters. The van der Waals surface area contributed by atoms with Crippen molar-refractivity contribution in [1.29, 1.82) is 0 Å². The number of pyridine rings is 1. The molecule has 286 valence electrons. The highest BCUT2D eigenvalue weighted by Gasteiger charge is 2.31. The smallest absolute Gasteiger partial charge is 0.253 e. The van der Waals surface area contributed by atoms with Crippen molar-refractivity contribution in [3.63, 3.8) is 0 Å². The summed E-state index contributed by atoms with van der Waals surface area (Å²) < 4.78 is 5.71. The Kier molecular flexibility index (Phi) is 9.68. The number of hydrogen-bond donors (Lipinski definition) is 3. The molecule has 3 amide bonds. The zero-order valence-electron chi connectivity index (χ0n) is 31.5. The summed E-state index contributed by atoms with van der Waals surface area (Å²) in [7, 11) is 0. The van der Waals surface area contributed by atoms with Crippen molar-refractivity contribution in [1.82, 2.24) is 30.1 Å². The second-order valence-electron chi connectivity index (χ2n) is 15.1. The van der Waals surface area contributed by atoms with E-state index >= 15 is 0 Å². The Labute approximate surface area is 325 Å². The Bertz CT molecular complexity index is 2280. The van der Waals surface area contributed by atoms with Gasteiger partial charge in [0.05, 0.1) is 11.4 Å². The number of piperidine rings is 2. The van der Waals surface area contributed by atoms with E-state index < -0.39 is 0 Å². The summed E-state index contributed by atoms with van der Waals surface area (Å²) in [5.41, 5.74) is 8.48. The van der Waals surface area contributed by atoms with Gasteiger partial charge in [0.15, 0.2) is 0 Å². The highest BCUT2D eigenvalue weighted by Crippen LogP contribution is 2.36. The predicted molar refractivity (Wildman–Crippen MR) is 215 cm³/mol. The Hall–Kier alpha value is -6.08. The van der Waals surface area contributed by atoms with Crippen molar-refractivity contribution in [3.8, 4) is 17.0 Å². The standard InChI is InChI=1S/C43H45N9O4/c1-27-36(26-45-41-39(27)44-16-23-56-41)30-2-3-31-25-46-43(48-37(31)24-30)47-32-8-4-29(5-9-32)42(55)52-21-19-51(20-22-52)34-14-17-50(18-15-34)33-10-6-28(7-11-33)35-12-13-38(53)49-40(35)54/h2-11,24-26,34-35,44H,12-23H2,1H3,(H,46,47,48)(H,49,53,54). The van der Waals surface area contributed by atoms with Crippen molar-refractivity contribution in [3.05, 3.63) is 95.8 Å². The molecule has 5 aromatic rings. The molecule has 56 heavy (non-hydrogen) atoms. The van der Waals surface area contributed by atoms with Gasteiger partial charge in [-0.1, -0.05) is 24.3 Å². The summed E-state index contributed by atoms with van der Waals surface area (Å²) in [6, 6.07) is 22.4. The summed E-state index contributed by atoms with van der Waals surface area (Å²) in [5, 5.41) is 10.1. The van der Waals surface area contributed by atoms with E-state index in [1.807, 2.05) is 59.8 Å². The molecule has 3 aromatic carbocycles. The molecule has 0 radical (unpaired) electrons. The summed E-state index contributed by atoms with van der Waals surface area (Å²) in [6.45, 7) is 8.52. The number of ether oxygens (including phenoxy) is 1. The number of fused-ring (bicyclic) bond motifs is 2. The third kappa shape index (κ3) is 7.22. The van der Waals surface area contributed by atoms with Crippen LogP contribution in [0.15, 0.2) is 79.1 Å². The highest BCUT2D eigenvalue weighted by atomic mass is 16.5. The monoisotopic (exact) mass is 751 g/mol. The van der Waals surface area contributed by atoms with E-state index in [1.165, 1.54) is 5.69 Å². The van der Waals surface area contributed by atoms with Crippen LogP contribution in [0.5, 0.6) is 5.88 Å². The van der Waals surface area contributed by atoms with Crippen LogP contribution in [0.3, 0.4) is 0 Å². The lowest BCUT2D eigenvalue weighted by Gasteiger charge is -2.43. The molecule has 3 fully saturated rings. The number of aromatic nitrogens is 3. The van der Waals surface area contributed by atoms with E-state index in [4.69, 9.17) is 9.72 Å². The van der Waals surface area contributed by atoms with Gasteiger partial charge in [-0.2, -0.15) is 0 Å². The molecule has 2 aromatic heterocycles. The number of anilines is 4. The first-order chi connectivity index (χ1) is 27.4. The first-order valence-corrected chi connectivity index (χ1v) is 19.6. The number of benzene rings is 3. The van der Waals surface area contributed by atoms with Crippen LogP contribution in [0.1, 0.15) is 53.1 Å². The number of hydrogen-bond acceptors (Lipinski definition) is 11. The summed E-state index contributed by atoms with van der Waals surface area (Å²) in [5.74, 6) is 0.525. The van der Waals surface area contributed by atoms with Crippen LogP contribution in [-0.4, -0.2) is 101 Å². The van der Waals surface area contributed by atoms with Gasteiger partial charge in [0.1, 0.15) is 12.3 Å². The van der Waals surface area contributed by atoms with Crippen LogP contribution in [0.4, 0.5) is 23.0 Å². The molecule has 6 heterocycles. The minimum absolute atomic E-state index is 0.0509. The molecular weight excluding hydrogens is 707 g/mol. The topological polar surface area (TPSA) is 145 Å². The minimum Gasteiger partial charge on any atom is -0.474 e. The lowest BCUT2D eigenvalue weighted by molar-refractivity contribution is -0.134. The fraction of sp³-hybridized carbons (Fsp3) is 0.349. The molecule has 3 N–H and O–H groups in total. The van der Waals surface area contributed by atoms with Gasteiger partial charge in [0.2, 0.25) is 23.6 Å². The fourth-order valence-electron chi connectivity index (χ4n) is 8.48. The van der Waals surface area contributed by atoms with Crippen LogP contribution in [0, 0.1) is 6.92 Å². The molecule has 0 spiro atoms. The molecular formula is C43H45N9O4. The average Bonchev–Trinajstić information content (AvgIpc) is 3.24. The maximum absolute atomic E-state index is 13.5. The van der Waals surface area contributed by atoms with E-state index in [9.17, 15) is 14.4 Å². The molecule has 0 bridgehead atoms. The number of nitrogens with one attached hydrogen (secondary N) is 3. The van der Waals surface area contributed by atoms with Crippen molar-refractivity contribution < 1.29 is 19.1 Å². The number of nitrogens with zero attached hydrogens (tertiary/aromatic N) is 6. The highest BCUT2D eigenvalue weighted by molar-refractivity contribution is 6.01. The van der Waals surface area contributed by atoms with Crippen molar-refractivity contribution in [2.24, 2.45) is 0 Å². The van der Waals surface area contributed by atoms with Gasteiger partial charge < -0.3 is 25.2 Å². The van der Waals surface area contributed by atoms with Crippen molar-refractivity contribution >= 4 is 51.6 Å². The molecule has 0 saturated carbocycles. The quantitative estimate of drug-likeness (QED) is 0.182. The van der Waals surface area contributed by atoms with E-state index in [0.29, 0.717) is 56.0 Å². The zero-order chi connectivity index (χ0) is 38.2. The Morgan fingerprint density at radius 1 is 0.875 bits per heavy atom. The maximum atomic E-state index is 13.5. The van der Waals surface area contributed by atoms with E-state index in [-0.39, 0.29) is 23.6 Å². The van der Waals surface area contributed by atoms with E-state index in [2.05, 4.69) is 66.9 Å². The Morgan fingerprint density at radius 3 is 2.43 bits per heavy atom. The van der Waals surface area contributed by atoms with E-state index in [1.54, 1.807) is 0 Å². The van der Waals surface area contributed by atoms with E-state index in [0.717, 1.165) is 90.1 Å². The second kappa shape index (κ2) is 15.2. The fourth-order valence-corrected chi connectivity index (χ4v) is 8.48. The molecule has 0 aliphatic carbocycles. The summed E-state index contributed by atoms with van der Waals surface area (Å²) >= 11 is 0. The number of piperazine rings is 1. The van der Waals surface area contributed by atoms with Gasteiger partial charge in [-0.05, 0) is 85.3 Å². The van der Waals surface area contributed by atoms with Crippen molar-refractivity contribution in [2.45, 2.75) is 44.6 Å². The third-order valence-corrected chi connectivity index (χ3v) is 11.7. The van der Waals surface area contributed by atoms with Crippen LogP contribution in [0.25, 0.3) is 22.0 Å². The summed E-state index contributed by atoms with van der Waals surface area (Å²) in [4.78, 5) is 58.1. The first kappa shape index (κ1) is 35.6. The van der Waals surface area contributed by atoms with Crippen LogP contribution < -0.4 is 25.6 Å². The number of carbonyl (C=O) groups is 3. The molecule has 4 aliphatic rings. The third-order valence-electron chi connectivity index (χ3n) is 11.7. The molecule has 9 rings (SSSR count). The maximum Gasteiger partial charge on any atom is 0.253 e. The minimum atomic E-state index is -0.259. The zero-order valence-corrected chi connectivity index (χ0v) is 31.5. The van der Waals surface area contributed by atoms with Gasteiger partial charge >= 0.3 is 0 Å². The first-order valence-electron chi connectivity index (χ1n) is 19.6. The number of imide groups is 1. The Balaban J connectivity index is 0.766. The summed E-state index contributed by atoms with van der Waals surface area (Å²) in [6.07, 6.45) is 6.75. The lowest BCUT2D eigenvalue weighted by Crippen LogP contribution is -2.54. The van der Waals surface area contributed by atoms with Gasteiger partial charge in [0.25, 0.3) is 5.91 Å². The largest absolute Gasteiger partial charge is 0.474 e. The number of amides is 3. The van der Waals surface area contributed by atoms with Gasteiger partial charge in [-0.3, -0.25) is 24.6 Å². The number of carbonyl (C=O) groups excluding carboxylic acids is 3. The lowest BCUT2D eigenvalue weighted by atomic mass is 9.90. The molecule has 13 nitrogen and oxygen atoms in total. The van der Waals surface area contributed by atoms with Crippen LogP contribution >= 0.6 is 0 Å². The average molecular weight is 752 g/mol.